The summed E-state index contributed by atoms with van der Waals surface area (Å²) in [4.78, 5) is 34.8. The number of Topliss-reactive ketones (excluding diaryl/α,β-unsaturated/α-hetero) is 1. The van der Waals surface area contributed by atoms with E-state index in [4.69, 9.17) is 31.1 Å². The second-order valence-electron chi connectivity index (χ2n) is 6.57. The molecule has 1 heterocycles. The molecule has 154 valence electrons. The molecule has 0 aliphatic carbocycles. The largest absolute Gasteiger partial charge is 0.481 e. The third-order valence-electron chi connectivity index (χ3n) is 4.40. The number of carboxylic acids is 1. The highest BCUT2D eigenvalue weighted by Crippen LogP contribution is 2.24. The third kappa shape index (κ3) is 4.70. The predicted molar refractivity (Wildman–Crippen MR) is 107 cm³/mol. The fourth-order valence-corrected chi connectivity index (χ4v) is 2.79. The molecule has 0 bridgehead atoms. The van der Waals surface area contributed by atoms with Crippen molar-refractivity contribution in [2.45, 2.75) is 18.9 Å². The van der Waals surface area contributed by atoms with Crippen LogP contribution >= 0.6 is 0 Å². The quantitative estimate of drug-likeness (QED) is 0.190. The summed E-state index contributed by atoms with van der Waals surface area (Å²) in [5, 5.41) is 17.7. The Morgan fingerprint density at radius 3 is 2.43 bits per heavy atom. The van der Waals surface area contributed by atoms with Crippen LogP contribution in [-0.4, -0.2) is 28.7 Å². The molecule has 0 saturated heterocycles. The van der Waals surface area contributed by atoms with Crippen LogP contribution in [0.5, 0.6) is 5.75 Å². The molecule has 1 atom stereocenters. The fraction of sp³-hybridized carbons (Fsp3) is 0.143. The van der Waals surface area contributed by atoms with Gasteiger partial charge in [-0.2, -0.15) is 0 Å². The van der Waals surface area contributed by atoms with Crippen LogP contribution in [0.4, 0.5) is 0 Å². The molecule has 0 aliphatic heterocycles. The van der Waals surface area contributed by atoms with E-state index in [9.17, 15) is 14.4 Å². The number of ketones is 1. The van der Waals surface area contributed by atoms with Crippen LogP contribution in [-0.2, 0) is 9.59 Å². The number of ether oxygens (including phenoxy) is 1. The Balaban J connectivity index is 1.70. The van der Waals surface area contributed by atoms with E-state index in [1.54, 1.807) is 36.4 Å². The van der Waals surface area contributed by atoms with Gasteiger partial charge in [-0.1, -0.05) is 18.2 Å². The van der Waals surface area contributed by atoms with E-state index in [-0.39, 0.29) is 35.9 Å². The number of amidine groups is 1. The number of rotatable bonds is 8. The van der Waals surface area contributed by atoms with Crippen LogP contribution in [0, 0.1) is 5.41 Å². The van der Waals surface area contributed by atoms with Gasteiger partial charge in [0.05, 0.1) is 6.42 Å². The molecule has 0 amide bonds. The van der Waals surface area contributed by atoms with Gasteiger partial charge < -0.3 is 25.7 Å². The Kier molecular flexibility index (Phi) is 5.93. The molecular weight excluding hydrogens is 390 g/mol. The molecule has 9 nitrogen and oxygen atoms in total. The summed E-state index contributed by atoms with van der Waals surface area (Å²) < 4.78 is 10.6. The number of aliphatic carboxylic acids is 1. The number of hydrogen-bond donors (Lipinski definition) is 4. The Hall–Kier alpha value is -3.98. The maximum absolute atomic E-state index is 12.4. The number of nitrogen functional groups attached to an aromatic ring is 1. The molecule has 1 unspecified atom stereocenters. The minimum absolute atomic E-state index is 0.0410. The summed E-state index contributed by atoms with van der Waals surface area (Å²) in [6.45, 7) is 0. The topological polar surface area (TPSA) is 170 Å². The number of benzene rings is 2. The van der Waals surface area contributed by atoms with Crippen LogP contribution in [0.15, 0.2) is 52.9 Å². The van der Waals surface area contributed by atoms with Gasteiger partial charge >= 0.3 is 11.9 Å². The van der Waals surface area contributed by atoms with Gasteiger partial charge in [0.15, 0.2) is 5.78 Å². The zero-order chi connectivity index (χ0) is 21.8. The first kappa shape index (κ1) is 20.7. The molecule has 1 aromatic heterocycles. The molecule has 6 N–H and O–H groups in total. The summed E-state index contributed by atoms with van der Waals surface area (Å²) in [5.41, 5.74) is 11.8. The van der Waals surface area contributed by atoms with E-state index < -0.39 is 23.8 Å². The summed E-state index contributed by atoms with van der Waals surface area (Å²) in [7, 11) is 0. The lowest BCUT2D eigenvalue weighted by molar-refractivity contribution is -0.138. The standard InChI is InChI=1S/C21H19N3O6/c22-19(15(25)5-8-18(26)27)16-6-7-17(30-16)21(28)29-14-4-3-11-9-13(20(23)24)2-1-12(11)10-14/h1-4,6-7,9-10,19H,5,8,22H2,(H3,23,24)(H,26,27). The second-order valence-corrected chi connectivity index (χ2v) is 6.57. The van der Waals surface area contributed by atoms with E-state index in [0.29, 0.717) is 5.56 Å². The van der Waals surface area contributed by atoms with Crippen LogP contribution in [0.3, 0.4) is 0 Å². The van der Waals surface area contributed by atoms with Gasteiger partial charge in [0.2, 0.25) is 5.76 Å². The van der Waals surface area contributed by atoms with E-state index >= 15 is 0 Å². The van der Waals surface area contributed by atoms with Gasteiger partial charge in [-0.3, -0.25) is 15.0 Å². The highest BCUT2D eigenvalue weighted by Gasteiger charge is 2.22. The lowest BCUT2D eigenvalue weighted by Crippen LogP contribution is -2.21. The lowest BCUT2D eigenvalue weighted by atomic mass is 10.1. The first-order chi connectivity index (χ1) is 14.2. The van der Waals surface area contributed by atoms with Crippen molar-refractivity contribution >= 4 is 34.3 Å². The molecule has 0 fully saturated rings. The minimum Gasteiger partial charge on any atom is -0.481 e. The number of nitrogens with two attached hydrogens (primary N) is 2. The van der Waals surface area contributed by atoms with Gasteiger partial charge in [-0.15, -0.1) is 0 Å². The Morgan fingerprint density at radius 1 is 1.03 bits per heavy atom. The average molecular weight is 409 g/mol. The van der Waals surface area contributed by atoms with E-state index in [2.05, 4.69) is 0 Å². The summed E-state index contributed by atoms with van der Waals surface area (Å²) >= 11 is 0. The van der Waals surface area contributed by atoms with Crippen molar-refractivity contribution in [3.05, 3.63) is 65.6 Å². The SMILES string of the molecule is N=C(N)c1ccc2cc(OC(=O)c3ccc(C(N)C(=O)CCC(=O)O)o3)ccc2c1. The Labute approximate surface area is 170 Å². The van der Waals surface area contributed by atoms with Crippen molar-refractivity contribution in [2.75, 3.05) is 0 Å². The molecule has 9 heteroatoms. The highest BCUT2D eigenvalue weighted by molar-refractivity contribution is 5.99. The van der Waals surface area contributed by atoms with Crippen LogP contribution in [0.1, 0.15) is 40.8 Å². The number of nitrogens with one attached hydrogen (secondary N) is 1. The molecule has 2 aromatic carbocycles. The molecule has 0 aliphatic rings. The maximum atomic E-state index is 12.4. The second kappa shape index (κ2) is 8.58. The van der Waals surface area contributed by atoms with Gasteiger partial charge in [-0.05, 0) is 41.1 Å². The Morgan fingerprint density at radius 2 is 1.73 bits per heavy atom. The third-order valence-corrected chi connectivity index (χ3v) is 4.40. The molecule has 0 saturated carbocycles. The zero-order valence-corrected chi connectivity index (χ0v) is 15.8. The van der Waals surface area contributed by atoms with Crippen LogP contribution in [0.2, 0.25) is 0 Å². The smallest absolute Gasteiger partial charge is 0.379 e. The van der Waals surface area contributed by atoms with E-state index in [1.165, 1.54) is 12.1 Å². The van der Waals surface area contributed by atoms with Crippen molar-refractivity contribution < 1.29 is 28.6 Å². The molecular formula is C21H19N3O6. The van der Waals surface area contributed by atoms with Crippen molar-refractivity contribution in [3.63, 3.8) is 0 Å². The lowest BCUT2D eigenvalue weighted by Gasteiger charge is -2.07. The average Bonchev–Trinajstić information content (AvgIpc) is 3.21. The molecule has 3 rings (SSSR count). The van der Waals surface area contributed by atoms with Crippen LogP contribution < -0.4 is 16.2 Å². The monoisotopic (exact) mass is 409 g/mol. The number of carbonyl (C=O) groups excluding carboxylic acids is 2. The normalized spacial score (nSPS) is 11.8. The zero-order valence-electron chi connectivity index (χ0n) is 15.8. The van der Waals surface area contributed by atoms with Crippen molar-refractivity contribution in [1.82, 2.24) is 0 Å². The molecule has 30 heavy (non-hydrogen) atoms. The number of furan rings is 1. The Bertz CT molecular complexity index is 1150. The number of esters is 1. The van der Waals surface area contributed by atoms with Crippen molar-refractivity contribution in [3.8, 4) is 5.75 Å². The van der Waals surface area contributed by atoms with Gasteiger partial charge in [0.1, 0.15) is 23.4 Å². The maximum Gasteiger partial charge on any atom is 0.379 e. The molecule has 0 spiro atoms. The minimum atomic E-state index is -1.16. The molecule has 3 aromatic rings. The summed E-state index contributed by atoms with van der Waals surface area (Å²) in [6, 6.07) is 11.7. The van der Waals surface area contributed by atoms with E-state index in [0.717, 1.165) is 10.8 Å². The highest BCUT2D eigenvalue weighted by atomic mass is 16.5. The fourth-order valence-electron chi connectivity index (χ4n) is 2.79. The van der Waals surface area contributed by atoms with Gasteiger partial charge in [0.25, 0.3) is 0 Å². The first-order valence-corrected chi connectivity index (χ1v) is 8.95. The number of carboxylic acid groups (broad SMARTS) is 1. The number of hydrogen-bond acceptors (Lipinski definition) is 7. The summed E-state index contributed by atoms with van der Waals surface area (Å²) in [5.74, 6) is -2.24. The van der Waals surface area contributed by atoms with E-state index in [1.807, 2.05) is 0 Å². The molecule has 0 radical (unpaired) electrons. The van der Waals surface area contributed by atoms with Gasteiger partial charge in [-0.25, -0.2) is 4.79 Å². The number of carbonyl (C=O) groups is 3. The van der Waals surface area contributed by atoms with Gasteiger partial charge in [0, 0.05) is 12.0 Å². The predicted octanol–water partition coefficient (Wildman–Crippen LogP) is 2.37. The van der Waals surface area contributed by atoms with Crippen molar-refractivity contribution in [1.29, 1.82) is 5.41 Å². The van der Waals surface area contributed by atoms with Crippen molar-refractivity contribution in [2.24, 2.45) is 11.5 Å². The first-order valence-electron chi connectivity index (χ1n) is 8.95. The van der Waals surface area contributed by atoms with Crippen LogP contribution in [0.25, 0.3) is 10.8 Å². The number of fused-ring (bicyclic) bond motifs is 1. The summed E-state index contributed by atoms with van der Waals surface area (Å²) in [6.07, 6.45) is -0.572.